The summed E-state index contributed by atoms with van der Waals surface area (Å²) in [5, 5.41) is -0.151. The van der Waals surface area contributed by atoms with Crippen molar-refractivity contribution in [2.24, 2.45) is 9.50 Å². The summed E-state index contributed by atoms with van der Waals surface area (Å²) in [6.07, 6.45) is 0. The summed E-state index contributed by atoms with van der Waals surface area (Å²) >= 11 is 5.30. The first-order valence-electron chi connectivity index (χ1n) is 4.82. The molecule has 0 aliphatic heterocycles. The molecule has 17 heavy (non-hydrogen) atoms. The van der Waals surface area contributed by atoms with Crippen molar-refractivity contribution >= 4 is 17.5 Å². The Balaban J connectivity index is 2.86. The average molecular weight is 247 g/mol. The lowest BCUT2D eigenvalue weighted by atomic mass is 10.3. The van der Waals surface area contributed by atoms with Gasteiger partial charge in [-0.25, -0.2) is 4.99 Å². The van der Waals surface area contributed by atoms with E-state index >= 15 is 0 Å². The Morgan fingerprint density at radius 2 is 1.41 bits per heavy atom. The van der Waals surface area contributed by atoms with Gasteiger partial charge in [-0.05, 0) is 24.3 Å². The van der Waals surface area contributed by atoms with Crippen molar-refractivity contribution < 1.29 is 0 Å². The van der Waals surface area contributed by atoms with Crippen LogP contribution in [0.15, 0.2) is 61.6 Å². The van der Waals surface area contributed by atoms with Gasteiger partial charge in [-0.15, -0.1) is 0 Å². The summed E-state index contributed by atoms with van der Waals surface area (Å²) in [7, 11) is 0. The number of benzene rings is 2. The molecule has 0 aliphatic carbocycles. The predicted octanol–water partition coefficient (Wildman–Crippen LogP) is 0.569. The third kappa shape index (κ3) is 2.37. The summed E-state index contributed by atoms with van der Waals surface area (Å²) in [5.74, 6) is 0. The van der Waals surface area contributed by atoms with E-state index in [4.69, 9.17) is 11.8 Å². The van der Waals surface area contributed by atoms with Crippen LogP contribution >= 0.6 is 11.8 Å². The largest absolute Gasteiger partial charge is 0.287 e. The van der Waals surface area contributed by atoms with Gasteiger partial charge in [-0.2, -0.15) is 4.51 Å². The van der Waals surface area contributed by atoms with Gasteiger partial charge < -0.3 is 0 Å². The summed E-state index contributed by atoms with van der Waals surface area (Å²) in [6, 6.07) is 11.1. The van der Waals surface area contributed by atoms with Crippen LogP contribution in [0.2, 0.25) is 0 Å². The fraction of sp³-hybridized carbons (Fsp3) is 0. The molecule has 0 fully saturated rings. The van der Waals surface area contributed by atoms with E-state index in [1.165, 1.54) is 0 Å². The fourth-order valence-corrected chi connectivity index (χ4v) is 1.53. The normalized spacial score (nSPS) is 13.0. The fourth-order valence-electron chi connectivity index (χ4n) is 1.36. The zero-order chi connectivity index (χ0) is 12.3. The van der Waals surface area contributed by atoms with Crippen LogP contribution in [0.1, 0.15) is 0 Å². The van der Waals surface area contributed by atoms with Crippen molar-refractivity contribution in [2.45, 2.75) is 0 Å². The standard InChI is InChI=1S/C12H7ClN2O2/c13-15-12-10(17)7-6-9(16)11(12)14-8-4-2-1-3-5-8/h1-7H. The van der Waals surface area contributed by atoms with Gasteiger partial charge in [0.05, 0.1) is 5.69 Å². The van der Waals surface area contributed by atoms with Crippen LogP contribution in [0.25, 0.3) is 0 Å². The number of para-hydroxylation sites is 1. The van der Waals surface area contributed by atoms with Gasteiger partial charge in [0, 0.05) is 11.8 Å². The van der Waals surface area contributed by atoms with Gasteiger partial charge in [0.15, 0.2) is 5.36 Å². The summed E-state index contributed by atoms with van der Waals surface area (Å²) < 4.78 is 3.29. The molecule has 4 nitrogen and oxygen atoms in total. The summed E-state index contributed by atoms with van der Waals surface area (Å²) in [4.78, 5) is 27.1. The SMILES string of the molecule is O=c1ccc(=O)c(=Nc2ccccc2)c1=NCl. The van der Waals surface area contributed by atoms with E-state index in [9.17, 15) is 9.59 Å². The van der Waals surface area contributed by atoms with Crippen LogP contribution < -0.4 is 21.6 Å². The third-order valence-electron chi connectivity index (χ3n) is 2.16. The van der Waals surface area contributed by atoms with Crippen molar-refractivity contribution in [2.75, 3.05) is 0 Å². The average Bonchev–Trinajstić information content (AvgIpc) is 2.35. The lowest BCUT2D eigenvalue weighted by molar-refractivity contribution is 1.19. The minimum absolute atomic E-state index is 0.0290. The molecule has 0 heterocycles. The van der Waals surface area contributed by atoms with E-state index in [1.54, 1.807) is 24.3 Å². The molecular weight excluding hydrogens is 240 g/mol. The van der Waals surface area contributed by atoms with Gasteiger partial charge in [-0.3, -0.25) is 9.59 Å². The van der Waals surface area contributed by atoms with E-state index in [0.717, 1.165) is 12.1 Å². The Kier molecular flexibility index (Phi) is 3.25. The lowest BCUT2D eigenvalue weighted by Crippen LogP contribution is -2.47. The second-order valence-corrected chi connectivity index (χ2v) is 3.46. The van der Waals surface area contributed by atoms with Crippen LogP contribution in [0.5, 0.6) is 0 Å². The molecule has 0 unspecified atom stereocenters. The minimum Gasteiger partial charge on any atom is -0.287 e. The van der Waals surface area contributed by atoms with Crippen molar-refractivity contribution in [3.05, 3.63) is 73.6 Å². The summed E-state index contributed by atoms with van der Waals surface area (Å²) in [6.45, 7) is 0. The topological polar surface area (TPSA) is 58.9 Å². The molecule has 0 spiro atoms. The van der Waals surface area contributed by atoms with E-state index in [-0.39, 0.29) is 16.1 Å². The first kappa shape index (κ1) is 11.4. The van der Waals surface area contributed by atoms with Crippen LogP contribution in [-0.4, -0.2) is 0 Å². The Labute approximate surface area is 101 Å². The molecule has 0 saturated carbocycles. The third-order valence-corrected chi connectivity index (χ3v) is 2.33. The molecule has 2 rings (SSSR count). The highest BCUT2D eigenvalue weighted by atomic mass is 35.5. The molecule has 0 N–H and O–H groups in total. The van der Waals surface area contributed by atoms with E-state index in [1.807, 2.05) is 6.07 Å². The second-order valence-electron chi connectivity index (χ2n) is 3.29. The van der Waals surface area contributed by atoms with Crippen LogP contribution in [-0.2, 0) is 0 Å². The molecule has 0 aliphatic rings. The van der Waals surface area contributed by atoms with Crippen molar-refractivity contribution in [3.8, 4) is 0 Å². The molecule has 2 aromatic carbocycles. The smallest absolute Gasteiger partial charge is 0.207 e. The second kappa shape index (κ2) is 4.84. The lowest BCUT2D eigenvalue weighted by Gasteiger charge is -1.90. The molecule has 0 radical (unpaired) electrons. The predicted molar refractivity (Wildman–Crippen MR) is 64.4 cm³/mol. The number of hydrogen-bond donors (Lipinski definition) is 0. The molecule has 84 valence electrons. The summed E-state index contributed by atoms with van der Waals surface area (Å²) in [5.41, 5.74) is -0.237. The number of nitrogens with zero attached hydrogens (tertiary/aromatic N) is 2. The number of hydrogen-bond acceptors (Lipinski definition) is 4. The molecule has 5 heteroatoms. The molecule has 0 aromatic heterocycles. The van der Waals surface area contributed by atoms with Gasteiger partial charge in [0.1, 0.15) is 5.36 Å². The van der Waals surface area contributed by atoms with E-state index in [2.05, 4.69) is 9.50 Å². The monoisotopic (exact) mass is 246 g/mol. The van der Waals surface area contributed by atoms with Crippen LogP contribution in [0.4, 0.5) is 5.69 Å². The molecule has 0 atom stereocenters. The minimum atomic E-state index is -0.422. The van der Waals surface area contributed by atoms with Crippen LogP contribution in [0.3, 0.4) is 0 Å². The first-order chi connectivity index (χ1) is 8.22. The zero-order valence-electron chi connectivity index (χ0n) is 8.63. The molecule has 2 aromatic rings. The number of rotatable bonds is 1. The van der Waals surface area contributed by atoms with E-state index in [0.29, 0.717) is 5.69 Å². The Morgan fingerprint density at radius 3 is 2.00 bits per heavy atom. The quantitative estimate of drug-likeness (QED) is 0.739. The molecule has 0 bridgehead atoms. The van der Waals surface area contributed by atoms with Gasteiger partial charge in [0.2, 0.25) is 10.9 Å². The van der Waals surface area contributed by atoms with Crippen molar-refractivity contribution in [1.82, 2.24) is 0 Å². The highest BCUT2D eigenvalue weighted by molar-refractivity contribution is 6.14. The maximum absolute atomic E-state index is 11.6. The van der Waals surface area contributed by atoms with Crippen molar-refractivity contribution in [3.63, 3.8) is 0 Å². The van der Waals surface area contributed by atoms with Crippen molar-refractivity contribution in [1.29, 1.82) is 0 Å². The highest BCUT2D eigenvalue weighted by Gasteiger charge is 1.99. The maximum atomic E-state index is 11.6. The van der Waals surface area contributed by atoms with Gasteiger partial charge in [-0.1, -0.05) is 18.2 Å². The molecular formula is C12H7ClN2O2. The maximum Gasteiger partial charge on any atom is 0.207 e. The van der Waals surface area contributed by atoms with Gasteiger partial charge in [0.25, 0.3) is 0 Å². The molecule has 0 amide bonds. The molecule has 0 saturated heterocycles. The first-order valence-corrected chi connectivity index (χ1v) is 5.16. The Bertz CT molecular complexity index is 745. The van der Waals surface area contributed by atoms with E-state index < -0.39 is 5.43 Å². The Morgan fingerprint density at radius 1 is 0.824 bits per heavy atom. The number of halogens is 1. The Hall–Kier alpha value is -2.07. The van der Waals surface area contributed by atoms with Gasteiger partial charge >= 0.3 is 0 Å². The zero-order valence-corrected chi connectivity index (χ0v) is 9.39. The van der Waals surface area contributed by atoms with Crippen LogP contribution in [0, 0.1) is 0 Å². The highest BCUT2D eigenvalue weighted by Crippen LogP contribution is 2.06.